The van der Waals surface area contributed by atoms with Gasteiger partial charge in [0, 0.05) is 25.3 Å². The van der Waals surface area contributed by atoms with E-state index in [2.05, 4.69) is 10.3 Å². The summed E-state index contributed by atoms with van der Waals surface area (Å²) in [7, 11) is -1.39. The summed E-state index contributed by atoms with van der Waals surface area (Å²) in [4.78, 5) is 5.22. The van der Waals surface area contributed by atoms with Crippen LogP contribution in [0.15, 0.2) is 47.6 Å². The third-order valence-corrected chi connectivity index (χ3v) is 5.56. The summed E-state index contributed by atoms with van der Waals surface area (Å²) in [6.45, 7) is 3.85. The van der Waals surface area contributed by atoms with Crippen LogP contribution in [-0.4, -0.2) is 35.3 Å². The monoisotopic (exact) mass is 417 g/mol. The Morgan fingerprint density at radius 1 is 1.29 bits per heavy atom. The lowest BCUT2D eigenvalue weighted by molar-refractivity contribution is 0.240. The van der Waals surface area contributed by atoms with Crippen LogP contribution in [0.2, 0.25) is 0 Å². The van der Waals surface area contributed by atoms with Crippen LogP contribution in [-0.2, 0) is 23.3 Å². The summed E-state index contributed by atoms with van der Waals surface area (Å²) in [5.74, 6) is 0.627. The maximum Gasteiger partial charge on any atom is 0.175 e. The molecular formula is C20H23N3O3S2. The Morgan fingerprint density at radius 2 is 2.04 bits per heavy atom. The smallest absolute Gasteiger partial charge is 0.175 e. The van der Waals surface area contributed by atoms with E-state index in [0.29, 0.717) is 17.2 Å². The van der Waals surface area contributed by atoms with Gasteiger partial charge >= 0.3 is 0 Å². The van der Waals surface area contributed by atoms with E-state index in [9.17, 15) is 8.42 Å². The summed E-state index contributed by atoms with van der Waals surface area (Å²) in [6, 6.07) is 10.7. The van der Waals surface area contributed by atoms with Gasteiger partial charge in [0.15, 0.2) is 9.84 Å². The Labute approximate surface area is 170 Å². The molecule has 0 radical (unpaired) electrons. The molecule has 3 aromatic rings. The Morgan fingerprint density at radius 3 is 2.71 bits per heavy atom. The lowest BCUT2D eigenvalue weighted by atomic mass is 10.1. The number of para-hydroxylation sites is 1. The maximum absolute atomic E-state index is 11.9. The molecule has 0 saturated carbocycles. The molecule has 0 spiro atoms. The Kier molecular flexibility index (Phi) is 5.71. The van der Waals surface area contributed by atoms with E-state index in [1.165, 1.54) is 6.26 Å². The fourth-order valence-corrected chi connectivity index (χ4v) is 3.86. The number of anilines is 1. The number of thiocarbonyl (C=S) groups is 1. The number of ether oxygens (including phenoxy) is 1. The molecule has 6 nitrogen and oxygen atoms in total. The highest BCUT2D eigenvalue weighted by molar-refractivity contribution is 7.90. The van der Waals surface area contributed by atoms with Crippen LogP contribution in [0.4, 0.5) is 5.69 Å². The van der Waals surface area contributed by atoms with Crippen molar-refractivity contribution in [1.82, 2.24) is 9.55 Å². The molecule has 1 aromatic heterocycles. The summed E-state index contributed by atoms with van der Waals surface area (Å²) >= 11 is 5.55. The SMILES string of the molecule is CC(C)Oc1ccc(S(C)(=O)=O)cc1CC(=S)Nc1cccc2c1ncn2C. The van der Waals surface area contributed by atoms with Crippen molar-refractivity contribution >= 4 is 43.8 Å². The van der Waals surface area contributed by atoms with E-state index < -0.39 is 9.84 Å². The zero-order valence-corrected chi connectivity index (χ0v) is 17.9. The third-order valence-electron chi connectivity index (χ3n) is 4.20. The lowest BCUT2D eigenvalue weighted by Gasteiger charge is -2.16. The molecule has 0 amide bonds. The van der Waals surface area contributed by atoms with Gasteiger partial charge in [-0.1, -0.05) is 18.3 Å². The van der Waals surface area contributed by atoms with Crippen LogP contribution in [0.5, 0.6) is 5.75 Å². The van der Waals surface area contributed by atoms with Crippen molar-refractivity contribution in [3.63, 3.8) is 0 Å². The van der Waals surface area contributed by atoms with Gasteiger partial charge in [0.25, 0.3) is 0 Å². The fraction of sp³-hybridized carbons (Fsp3) is 0.300. The largest absolute Gasteiger partial charge is 0.491 e. The van der Waals surface area contributed by atoms with Gasteiger partial charge in [0.05, 0.1) is 33.5 Å². The first-order chi connectivity index (χ1) is 13.1. The van der Waals surface area contributed by atoms with Crippen molar-refractivity contribution in [2.75, 3.05) is 11.6 Å². The standard InChI is InChI=1S/C20H23N3O3S2/c1-13(2)26-18-9-8-15(28(4,24)25)10-14(18)11-19(27)22-16-6-5-7-17-20(16)21-12-23(17)3/h5-10,12-13H,11H2,1-4H3,(H,22,27). The molecule has 0 atom stereocenters. The van der Waals surface area contributed by atoms with Gasteiger partial charge in [0.2, 0.25) is 0 Å². The van der Waals surface area contributed by atoms with Crippen LogP contribution in [0.1, 0.15) is 19.4 Å². The fourth-order valence-electron chi connectivity index (χ4n) is 2.92. The lowest BCUT2D eigenvalue weighted by Crippen LogP contribution is -2.15. The molecule has 0 saturated heterocycles. The van der Waals surface area contributed by atoms with Gasteiger partial charge in [-0.15, -0.1) is 0 Å². The van der Waals surface area contributed by atoms with Crippen LogP contribution in [0, 0.1) is 0 Å². The Hall–Kier alpha value is -2.45. The average molecular weight is 418 g/mol. The van der Waals surface area contributed by atoms with E-state index >= 15 is 0 Å². The number of nitrogens with one attached hydrogen (secondary N) is 1. The predicted octanol–water partition coefficient (Wildman–Crippen LogP) is 3.75. The van der Waals surface area contributed by atoms with Crippen molar-refractivity contribution in [3.05, 3.63) is 48.3 Å². The van der Waals surface area contributed by atoms with Crippen molar-refractivity contribution in [3.8, 4) is 5.75 Å². The van der Waals surface area contributed by atoms with Crippen molar-refractivity contribution in [2.24, 2.45) is 7.05 Å². The average Bonchev–Trinajstić information content (AvgIpc) is 2.97. The number of hydrogen-bond acceptors (Lipinski definition) is 5. The van der Waals surface area contributed by atoms with Crippen molar-refractivity contribution < 1.29 is 13.2 Å². The molecule has 1 heterocycles. The molecule has 2 aromatic carbocycles. The Balaban J connectivity index is 1.89. The molecule has 0 aliphatic heterocycles. The van der Waals surface area contributed by atoms with E-state index in [-0.39, 0.29) is 11.0 Å². The molecule has 8 heteroatoms. The molecule has 0 aliphatic carbocycles. The Bertz CT molecular complexity index is 1130. The van der Waals surface area contributed by atoms with Crippen LogP contribution in [0.25, 0.3) is 11.0 Å². The summed E-state index contributed by atoms with van der Waals surface area (Å²) in [5, 5.41) is 3.24. The summed E-state index contributed by atoms with van der Waals surface area (Å²) in [5.41, 5.74) is 3.36. The zero-order valence-electron chi connectivity index (χ0n) is 16.3. The van der Waals surface area contributed by atoms with E-state index in [1.54, 1.807) is 24.5 Å². The number of imidazole rings is 1. The minimum absolute atomic E-state index is 0.0355. The van der Waals surface area contributed by atoms with Gasteiger partial charge in [-0.25, -0.2) is 13.4 Å². The minimum atomic E-state index is -3.32. The zero-order chi connectivity index (χ0) is 20.5. The topological polar surface area (TPSA) is 73.2 Å². The number of sulfone groups is 1. The predicted molar refractivity (Wildman–Crippen MR) is 116 cm³/mol. The summed E-state index contributed by atoms with van der Waals surface area (Å²) in [6.07, 6.45) is 3.26. The van der Waals surface area contributed by atoms with Gasteiger partial charge in [-0.2, -0.15) is 0 Å². The minimum Gasteiger partial charge on any atom is -0.491 e. The molecule has 148 valence electrons. The molecular weight excluding hydrogens is 394 g/mol. The highest BCUT2D eigenvalue weighted by Gasteiger charge is 2.15. The van der Waals surface area contributed by atoms with Gasteiger partial charge in [-0.05, 0) is 44.2 Å². The summed E-state index contributed by atoms with van der Waals surface area (Å²) < 4.78 is 31.7. The second-order valence-corrected chi connectivity index (χ2v) is 9.47. The van der Waals surface area contributed by atoms with Crippen molar-refractivity contribution in [2.45, 2.75) is 31.3 Å². The number of hydrogen-bond donors (Lipinski definition) is 1. The van der Waals surface area contributed by atoms with Gasteiger partial charge in [-0.3, -0.25) is 0 Å². The molecule has 0 bridgehead atoms. The first-order valence-corrected chi connectivity index (χ1v) is 11.1. The number of aryl methyl sites for hydroxylation is 1. The second-order valence-electron chi connectivity index (χ2n) is 6.96. The first-order valence-electron chi connectivity index (χ1n) is 8.84. The van der Waals surface area contributed by atoms with Gasteiger partial charge in [0.1, 0.15) is 11.3 Å². The van der Waals surface area contributed by atoms with E-state index in [4.69, 9.17) is 17.0 Å². The molecule has 0 unspecified atom stereocenters. The number of fused-ring (bicyclic) bond motifs is 1. The number of nitrogens with zero attached hydrogens (tertiary/aromatic N) is 2. The number of benzene rings is 2. The molecule has 3 rings (SSSR count). The van der Waals surface area contributed by atoms with Crippen molar-refractivity contribution in [1.29, 1.82) is 0 Å². The van der Waals surface area contributed by atoms with E-state index in [1.807, 2.05) is 43.7 Å². The molecule has 28 heavy (non-hydrogen) atoms. The van der Waals surface area contributed by atoms with Crippen LogP contribution >= 0.6 is 12.2 Å². The number of aromatic nitrogens is 2. The quantitative estimate of drug-likeness (QED) is 0.616. The molecule has 0 fully saturated rings. The number of rotatable bonds is 6. The highest BCUT2D eigenvalue weighted by Crippen LogP contribution is 2.26. The first kappa shape index (κ1) is 20.3. The molecule has 0 aliphatic rings. The highest BCUT2D eigenvalue weighted by atomic mass is 32.2. The van der Waals surface area contributed by atoms with Gasteiger partial charge < -0.3 is 14.6 Å². The maximum atomic E-state index is 11.9. The van der Waals surface area contributed by atoms with Crippen LogP contribution in [0.3, 0.4) is 0 Å². The molecule has 1 N–H and O–H groups in total. The second kappa shape index (κ2) is 7.89. The van der Waals surface area contributed by atoms with Crippen LogP contribution < -0.4 is 10.1 Å². The normalized spacial score (nSPS) is 11.8. The van der Waals surface area contributed by atoms with E-state index in [0.717, 1.165) is 22.3 Å². The third kappa shape index (κ3) is 4.51.